The lowest BCUT2D eigenvalue weighted by atomic mass is 9.91. The minimum Gasteiger partial charge on any atom is -0.480 e. The number of carboxylic acids is 1. The number of carboxylic acid groups (broad SMARTS) is 1. The molecule has 0 aliphatic heterocycles. The van der Waals surface area contributed by atoms with Gasteiger partial charge < -0.3 is 20.5 Å². The molecule has 1 amide bonds. The van der Waals surface area contributed by atoms with Crippen molar-refractivity contribution in [2.24, 2.45) is 5.92 Å². The van der Waals surface area contributed by atoms with Crippen molar-refractivity contribution in [3.05, 3.63) is 0 Å². The lowest BCUT2D eigenvalue weighted by molar-refractivity contribution is -0.140. The fraction of sp³-hybridized carbons (Fsp3) is 0.917. The van der Waals surface area contributed by atoms with Crippen LogP contribution in [0.4, 0.5) is 4.79 Å². The number of rotatable bonds is 5. The molecular weight excluding hydrogens is 380 g/mol. The third kappa shape index (κ3) is 9.67. The second-order valence-electron chi connectivity index (χ2n) is 10.3. The summed E-state index contributed by atoms with van der Waals surface area (Å²) in [4.78, 5) is 22.7. The van der Waals surface area contributed by atoms with Gasteiger partial charge in [0.1, 0.15) is 11.6 Å². The van der Waals surface area contributed by atoms with E-state index >= 15 is 0 Å². The molecule has 0 unspecified atom stereocenters. The van der Waals surface area contributed by atoms with Gasteiger partial charge in [-0.2, -0.15) is 0 Å². The average molecular weight is 425 g/mol. The van der Waals surface area contributed by atoms with Crippen molar-refractivity contribution in [3.63, 3.8) is 0 Å². The minimum atomic E-state index is -0.984. The van der Waals surface area contributed by atoms with Gasteiger partial charge in [-0.15, -0.1) is 0 Å². The number of ether oxygens (including phenoxy) is 1. The summed E-state index contributed by atoms with van der Waals surface area (Å²) in [5, 5.41) is 15.4. The Balaban J connectivity index is 0.000000220. The van der Waals surface area contributed by atoms with E-state index in [1.54, 1.807) is 20.8 Å². The van der Waals surface area contributed by atoms with Crippen LogP contribution in [0.15, 0.2) is 0 Å². The number of hydrogen-bond acceptors (Lipinski definition) is 4. The third-order valence-corrected chi connectivity index (χ3v) is 6.49. The van der Waals surface area contributed by atoms with Gasteiger partial charge in [0, 0.05) is 12.1 Å². The first kappa shape index (κ1) is 25.0. The Hall–Kier alpha value is -1.30. The van der Waals surface area contributed by atoms with Gasteiger partial charge >= 0.3 is 12.1 Å². The van der Waals surface area contributed by atoms with Crippen LogP contribution in [0.5, 0.6) is 0 Å². The predicted octanol–water partition coefficient (Wildman–Crippen LogP) is 5.40. The third-order valence-electron chi connectivity index (χ3n) is 6.49. The summed E-state index contributed by atoms with van der Waals surface area (Å²) < 4.78 is 5.06. The summed E-state index contributed by atoms with van der Waals surface area (Å²) in [5.74, 6) is -0.956. The molecule has 1 atom stereocenters. The summed E-state index contributed by atoms with van der Waals surface area (Å²) in [6.07, 6.45) is 17.7. The van der Waals surface area contributed by atoms with Gasteiger partial charge in [0.2, 0.25) is 0 Å². The first-order valence-electron chi connectivity index (χ1n) is 12.2. The van der Waals surface area contributed by atoms with Crippen molar-refractivity contribution in [2.45, 2.75) is 134 Å². The van der Waals surface area contributed by atoms with E-state index in [1.807, 2.05) is 0 Å². The zero-order valence-electron chi connectivity index (χ0n) is 19.4. The molecule has 3 aliphatic rings. The second-order valence-corrected chi connectivity index (χ2v) is 10.3. The normalized spacial score (nSPS) is 22.6. The van der Waals surface area contributed by atoms with Crippen LogP contribution in [-0.4, -0.2) is 40.9 Å². The maximum Gasteiger partial charge on any atom is 0.408 e. The Morgan fingerprint density at radius 3 is 1.63 bits per heavy atom. The zero-order chi connectivity index (χ0) is 22.0. The molecular formula is C24H44N2O4. The van der Waals surface area contributed by atoms with Crippen LogP contribution >= 0.6 is 0 Å². The van der Waals surface area contributed by atoms with Gasteiger partial charge in [0.05, 0.1) is 0 Å². The second kappa shape index (κ2) is 12.5. The van der Waals surface area contributed by atoms with E-state index in [2.05, 4.69) is 10.6 Å². The minimum absolute atomic E-state index is 0.0278. The van der Waals surface area contributed by atoms with Crippen molar-refractivity contribution < 1.29 is 19.4 Å². The maximum atomic E-state index is 11.5. The molecule has 6 heteroatoms. The molecule has 0 bridgehead atoms. The van der Waals surface area contributed by atoms with Gasteiger partial charge in [-0.05, 0) is 65.2 Å². The standard InChI is InChI=1S/C12H21NO4.C12H23N/c1-12(2,3)17-11(16)13-9(10(14)15)8-6-4-5-7-8;1-3-7-11(8-4-1)13-12-9-5-2-6-10-12/h8-9H,4-7H2,1-3H3,(H,13,16)(H,14,15);11-13H,1-10H2/t9-;/m1./s1. The summed E-state index contributed by atoms with van der Waals surface area (Å²) >= 11 is 0. The molecule has 3 saturated carbocycles. The molecule has 0 spiro atoms. The molecule has 3 fully saturated rings. The van der Waals surface area contributed by atoms with Gasteiger partial charge in [0.25, 0.3) is 0 Å². The number of aliphatic carboxylic acids is 1. The van der Waals surface area contributed by atoms with Crippen LogP contribution in [0.2, 0.25) is 0 Å². The summed E-state index contributed by atoms with van der Waals surface area (Å²) in [6.45, 7) is 5.24. The molecule has 3 N–H and O–H groups in total. The summed E-state index contributed by atoms with van der Waals surface area (Å²) in [5.41, 5.74) is -0.608. The lowest BCUT2D eigenvalue weighted by Gasteiger charge is -2.30. The van der Waals surface area contributed by atoms with Crippen LogP contribution in [0.1, 0.15) is 111 Å². The molecule has 30 heavy (non-hydrogen) atoms. The highest BCUT2D eigenvalue weighted by atomic mass is 16.6. The van der Waals surface area contributed by atoms with Crippen LogP contribution < -0.4 is 10.6 Å². The Kier molecular flexibility index (Phi) is 10.4. The molecule has 3 rings (SSSR count). The van der Waals surface area contributed by atoms with Crippen LogP contribution in [-0.2, 0) is 9.53 Å². The molecule has 0 saturated heterocycles. The summed E-state index contributed by atoms with van der Waals surface area (Å²) in [6, 6.07) is 0.918. The Bertz CT molecular complexity index is 498. The Morgan fingerprint density at radius 1 is 0.800 bits per heavy atom. The number of carbonyl (C=O) groups excluding carboxylic acids is 1. The Morgan fingerprint density at radius 2 is 1.23 bits per heavy atom. The molecule has 0 radical (unpaired) electrons. The van der Waals surface area contributed by atoms with E-state index < -0.39 is 23.7 Å². The van der Waals surface area contributed by atoms with Crippen molar-refractivity contribution in [3.8, 4) is 0 Å². The smallest absolute Gasteiger partial charge is 0.408 e. The van der Waals surface area contributed by atoms with Crippen LogP contribution in [0, 0.1) is 5.92 Å². The molecule has 0 heterocycles. The highest BCUT2D eigenvalue weighted by molar-refractivity contribution is 5.80. The number of hydrogen-bond donors (Lipinski definition) is 3. The zero-order valence-corrected chi connectivity index (χ0v) is 19.4. The SMILES string of the molecule is C1CCC(NC2CCCCC2)CC1.CC(C)(C)OC(=O)N[C@@H](C(=O)O)C1CCCC1. The topological polar surface area (TPSA) is 87.7 Å². The first-order chi connectivity index (χ1) is 14.2. The number of amides is 1. The van der Waals surface area contributed by atoms with Gasteiger partial charge in [-0.1, -0.05) is 51.4 Å². The van der Waals surface area contributed by atoms with E-state index in [1.165, 1.54) is 64.2 Å². The molecule has 174 valence electrons. The molecule has 0 aromatic heterocycles. The van der Waals surface area contributed by atoms with Crippen molar-refractivity contribution in [1.29, 1.82) is 0 Å². The number of carbonyl (C=O) groups is 2. The number of alkyl carbamates (subject to hydrolysis) is 1. The van der Waals surface area contributed by atoms with Gasteiger partial charge in [-0.25, -0.2) is 9.59 Å². The Labute approximate surface area is 182 Å². The highest BCUT2D eigenvalue weighted by Gasteiger charge is 2.33. The lowest BCUT2D eigenvalue weighted by Crippen LogP contribution is -2.47. The maximum absolute atomic E-state index is 11.5. The van der Waals surface area contributed by atoms with E-state index in [-0.39, 0.29) is 5.92 Å². The monoisotopic (exact) mass is 424 g/mol. The molecule has 0 aromatic carbocycles. The molecule has 6 nitrogen and oxygen atoms in total. The quantitative estimate of drug-likeness (QED) is 0.550. The average Bonchev–Trinajstić information content (AvgIpc) is 3.21. The highest BCUT2D eigenvalue weighted by Crippen LogP contribution is 2.28. The van der Waals surface area contributed by atoms with Crippen molar-refractivity contribution in [2.75, 3.05) is 0 Å². The van der Waals surface area contributed by atoms with Gasteiger partial charge in [0.15, 0.2) is 0 Å². The fourth-order valence-corrected chi connectivity index (χ4v) is 4.98. The predicted molar refractivity (Wildman–Crippen MR) is 120 cm³/mol. The largest absolute Gasteiger partial charge is 0.480 e. The van der Waals surface area contributed by atoms with Crippen LogP contribution in [0.3, 0.4) is 0 Å². The van der Waals surface area contributed by atoms with Crippen molar-refractivity contribution in [1.82, 2.24) is 10.6 Å². The van der Waals surface area contributed by atoms with E-state index in [4.69, 9.17) is 9.84 Å². The van der Waals surface area contributed by atoms with E-state index in [0.29, 0.717) is 0 Å². The number of nitrogens with one attached hydrogen (secondary N) is 2. The molecule has 3 aliphatic carbocycles. The fourth-order valence-electron chi connectivity index (χ4n) is 4.98. The summed E-state index contributed by atoms with van der Waals surface area (Å²) in [7, 11) is 0. The van der Waals surface area contributed by atoms with Gasteiger partial charge in [-0.3, -0.25) is 0 Å². The van der Waals surface area contributed by atoms with E-state index in [0.717, 1.165) is 37.8 Å². The van der Waals surface area contributed by atoms with Crippen molar-refractivity contribution >= 4 is 12.1 Å². The first-order valence-corrected chi connectivity index (χ1v) is 12.2. The van der Waals surface area contributed by atoms with Crippen LogP contribution in [0.25, 0.3) is 0 Å². The molecule has 0 aromatic rings. The van der Waals surface area contributed by atoms with E-state index in [9.17, 15) is 9.59 Å².